The molecule has 0 radical (unpaired) electrons. The number of rotatable bonds is 12. The number of hydrogen-bond donors (Lipinski definition) is 2. The number of ether oxygens (including phenoxy) is 1. The Hall–Kier alpha value is -1.61. The largest absolute Gasteiger partial charge is 0.457 e. The molecule has 2 aromatic rings. The molecule has 0 fully saturated rings. The van der Waals surface area contributed by atoms with Crippen molar-refractivity contribution in [1.82, 2.24) is 0 Å². The Kier molecular flexibility index (Phi) is 9.79. The first kappa shape index (κ1) is 27.6. The average molecular weight is 510 g/mol. The molecule has 3 N–H and O–H groups in total. The summed E-state index contributed by atoms with van der Waals surface area (Å²) in [6.07, 6.45) is -2.55. The summed E-state index contributed by atoms with van der Waals surface area (Å²) in [4.78, 5) is 0. The van der Waals surface area contributed by atoms with Crippen LogP contribution in [0.2, 0.25) is 5.02 Å². The first-order valence-corrected chi connectivity index (χ1v) is 12.3. The van der Waals surface area contributed by atoms with E-state index in [4.69, 9.17) is 31.1 Å². The van der Waals surface area contributed by atoms with Crippen LogP contribution in [0.4, 0.5) is 13.2 Å². The van der Waals surface area contributed by atoms with Gasteiger partial charge >= 0.3 is 13.8 Å². The van der Waals surface area contributed by atoms with Gasteiger partial charge in [-0.2, -0.15) is 13.2 Å². The molecular weight excluding hydrogens is 482 g/mol. The molecule has 33 heavy (non-hydrogen) atoms. The van der Waals surface area contributed by atoms with Gasteiger partial charge in [0.05, 0.1) is 18.3 Å². The van der Waals surface area contributed by atoms with E-state index in [9.17, 15) is 22.8 Å². The maximum Gasteiger partial charge on any atom is 0.416 e. The summed E-state index contributed by atoms with van der Waals surface area (Å²) in [6, 6.07) is 9.47. The zero-order chi connectivity index (χ0) is 24.7. The molecule has 0 saturated heterocycles. The second-order valence-electron chi connectivity index (χ2n) is 7.70. The highest BCUT2D eigenvalue weighted by Crippen LogP contribution is 2.47. The lowest BCUT2D eigenvalue weighted by Crippen LogP contribution is -2.44. The van der Waals surface area contributed by atoms with Crippen molar-refractivity contribution in [2.75, 3.05) is 27.0 Å². The van der Waals surface area contributed by atoms with E-state index in [0.29, 0.717) is 30.0 Å². The minimum Gasteiger partial charge on any atom is -0.457 e. The molecule has 184 valence electrons. The van der Waals surface area contributed by atoms with Gasteiger partial charge in [-0.1, -0.05) is 23.7 Å². The molecule has 0 amide bonds. The lowest BCUT2D eigenvalue weighted by atomic mass is 9.91. The summed E-state index contributed by atoms with van der Waals surface area (Å²) >= 11 is 6.33. The van der Waals surface area contributed by atoms with E-state index in [1.54, 1.807) is 12.1 Å². The third kappa shape index (κ3) is 8.28. The molecule has 2 aromatic carbocycles. The third-order valence-corrected chi connectivity index (χ3v) is 7.53. The van der Waals surface area contributed by atoms with Crippen LogP contribution in [0.5, 0.6) is 11.5 Å². The Morgan fingerprint density at radius 1 is 1.06 bits per heavy atom. The van der Waals surface area contributed by atoms with Crippen LogP contribution in [0, 0.1) is 0 Å². The lowest BCUT2D eigenvalue weighted by molar-refractivity contribution is -0.137. The van der Waals surface area contributed by atoms with Crippen molar-refractivity contribution in [2.24, 2.45) is 5.73 Å². The standard InChI is InChI=1S/C22H28ClF3NO5P/c1-30-33(29,31-2)12-11-21(27,15-28)10-4-5-16-8-9-19(14-20(16)23)32-18-7-3-6-17(13-18)22(24,25)26/h3,6-9,13-14,28H,4-5,10-12,15,27H2,1-2H3. The van der Waals surface area contributed by atoms with E-state index in [1.807, 2.05) is 0 Å². The van der Waals surface area contributed by atoms with Crippen molar-refractivity contribution >= 4 is 19.2 Å². The van der Waals surface area contributed by atoms with Crippen molar-refractivity contribution < 1.29 is 36.6 Å². The highest BCUT2D eigenvalue weighted by molar-refractivity contribution is 7.53. The highest BCUT2D eigenvalue weighted by atomic mass is 35.5. The van der Waals surface area contributed by atoms with Gasteiger partial charge in [-0.3, -0.25) is 4.57 Å². The number of benzene rings is 2. The molecule has 0 aliphatic carbocycles. The van der Waals surface area contributed by atoms with Gasteiger partial charge in [0.25, 0.3) is 0 Å². The quantitative estimate of drug-likeness (QED) is 0.339. The Morgan fingerprint density at radius 3 is 2.30 bits per heavy atom. The molecule has 0 aliphatic heterocycles. The fraction of sp³-hybridized carbons (Fsp3) is 0.455. The van der Waals surface area contributed by atoms with Crippen LogP contribution in [0.3, 0.4) is 0 Å². The molecule has 1 unspecified atom stereocenters. The zero-order valence-electron chi connectivity index (χ0n) is 18.4. The number of aliphatic hydroxyl groups is 1. The van der Waals surface area contributed by atoms with Crippen LogP contribution in [0.1, 0.15) is 30.4 Å². The van der Waals surface area contributed by atoms with Crippen molar-refractivity contribution in [2.45, 2.75) is 37.4 Å². The summed E-state index contributed by atoms with van der Waals surface area (Å²) in [7, 11) is -0.634. The van der Waals surface area contributed by atoms with Crippen LogP contribution >= 0.6 is 19.2 Å². The first-order valence-electron chi connectivity index (χ1n) is 10.2. The van der Waals surface area contributed by atoms with Gasteiger partial charge in [-0.05, 0) is 61.6 Å². The van der Waals surface area contributed by atoms with Crippen LogP contribution in [-0.4, -0.2) is 37.6 Å². The summed E-state index contributed by atoms with van der Waals surface area (Å²) < 4.78 is 66.2. The molecule has 2 rings (SSSR count). The maximum absolute atomic E-state index is 12.9. The van der Waals surface area contributed by atoms with Crippen LogP contribution in [-0.2, 0) is 26.2 Å². The first-order chi connectivity index (χ1) is 15.4. The predicted molar refractivity (Wildman–Crippen MR) is 121 cm³/mol. The number of alkyl halides is 3. The number of halogens is 4. The van der Waals surface area contributed by atoms with Gasteiger partial charge in [0.2, 0.25) is 0 Å². The molecule has 0 aliphatic rings. The van der Waals surface area contributed by atoms with E-state index in [0.717, 1.165) is 17.7 Å². The number of nitrogens with two attached hydrogens (primary N) is 1. The number of aryl methyl sites for hydroxylation is 1. The van der Waals surface area contributed by atoms with Crippen LogP contribution < -0.4 is 10.5 Å². The minimum absolute atomic E-state index is 0.0499. The molecule has 11 heteroatoms. The van der Waals surface area contributed by atoms with Crippen LogP contribution in [0.15, 0.2) is 42.5 Å². The molecule has 0 bridgehead atoms. The minimum atomic E-state index is -4.46. The summed E-state index contributed by atoms with van der Waals surface area (Å²) in [5, 5.41) is 10.1. The van der Waals surface area contributed by atoms with Gasteiger partial charge in [-0.25, -0.2) is 0 Å². The third-order valence-electron chi connectivity index (χ3n) is 5.30. The molecule has 0 heterocycles. The summed E-state index contributed by atoms with van der Waals surface area (Å²) in [5.41, 5.74) is 5.30. The van der Waals surface area contributed by atoms with Gasteiger partial charge in [0.15, 0.2) is 0 Å². The second-order valence-corrected chi connectivity index (χ2v) is 10.5. The van der Waals surface area contributed by atoms with E-state index in [-0.39, 0.29) is 24.9 Å². The average Bonchev–Trinajstić information content (AvgIpc) is 2.78. The molecule has 1 atom stereocenters. The molecular formula is C22H28ClF3NO5P. The maximum atomic E-state index is 12.9. The summed E-state index contributed by atoms with van der Waals surface area (Å²) in [6.45, 7) is -0.294. The van der Waals surface area contributed by atoms with Crippen molar-refractivity contribution in [3.05, 3.63) is 58.6 Å². The fourth-order valence-electron chi connectivity index (χ4n) is 3.20. The predicted octanol–water partition coefficient (Wildman–Crippen LogP) is 6.04. The van der Waals surface area contributed by atoms with Gasteiger partial charge < -0.3 is 24.6 Å². The summed E-state index contributed by atoms with van der Waals surface area (Å²) in [5.74, 6) is 0.357. The van der Waals surface area contributed by atoms with Crippen molar-refractivity contribution in [1.29, 1.82) is 0 Å². The SMILES string of the molecule is COP(=O)(CCC(N)(CO)CCCc1ccc(Oc2cccc(C(F)(F)F)c2)cc1Cl)OC. The van der Waals surface area contributed by atoms with Crippen LogP contribution in [0.25, 0.3) is 0 Å². The van der Waals surface area contributed by atoms with E-state index < -0.39 is 24.9 Å². The van der Waals surface area contributed by atoms with E-state index in [2.05, 4.69) is 0 Å². The molecule has 6 nitrogen and oxygen atoms in total. The Bertz CT molecular complexity index is 967. The van der Waals surface area contributed by atoms with E-state index in [1.165, 1.54) is 32.4 Å². The Morgan fingerprint density at radius 2 is 1.73 bits per heavy atom. The number of aliphatic hydroxyl groups excluding tert-OH is 1. The highest BCUT2D eigenvalue weighted by Gasteiger charge is 2.31. The Labute approximate surface area is 196 Å². The fourth-order valence-corrected chi connectivity index (χ4v) is 4.70. The topological polar surface area (TPSA) is 91.0 Å². The normalized spacial score (nSPS) is 14.2. The number of hydrogen-bond acceptors (Lipinski definition) is 6. The smallest absolute Gasteiger partial charge is 0.416 e. The lowest BCUT2D eigenvalue weighted by Gasteiger charge is -2.28. The van der Waals surface area contributed by atoms with Gasteiger partial charge in [0.1, 0.15) is 11.5 Å². The van der Waals surface area contributed by atoms with Gasteiger partial charge in [-0.15, -0.1) is 0 Å². The van der Waals surface area contributed by atoms with E-state index >= 15 is 0 Å². The van der Waals surface area contributed by atoms with Crippen molar-refractivity contribution in [3.63, 3.8) is 0 Å². The van der Waals surface area contributed by atoms with Crippen molar-refractivity contribution in [3.8, 4) is 11.5 Å². The van der Waals surface area contributed by atoms with Gasteiger partial charge in [0, 0.05) is 24.8 Å². The molecule has 0 spiro atoms. The Balaban J connectivity index is 1.97. The monoisotopic (exact) mass is 509 g/mol. The molecule has 0 aromatic heterocycles. The second kappa shape index (κ2) is 11.7. The molecule has 0 saturated carbocycles. The zero-order valence-corrected chi connectivity index (χ0v) is 20.1.